The van der Waals surface area contributed by atoms with E-state index < -0.39 is 11.6 Å². The van der Waals surface area contributed by atoms with Crippen LogP contribution in [0, 0.1) is 11.6 Å². The van der Waals surface area contributed by atoms with Crippen LogP contribution in [-0.4, -0.2) is 11.8 Å². The molecule has 0 fully saturated rings. The maximum Gasteiger partial charge on any atom is 0.255 e. The summed E-state index contributed by atoms with van der Waals surface area (Å²) >= 11 is 0. The van der Waals surface area contributed by atoms with Crippen LogP contribution in [0.25, 0.3) is 10.8 Å². The predicted octanol–water partition coefficient (Wildman–Crippen LogP) is 5.62. The van der Waals surface area contributed by atoms with Crippen molar-refractivity contribution in [3.63, 3.8) is 0 Å². The number of carbonyl (C=O) groups is 2. The molecule has 6 heteroatoms. The lowest BCUT2D eigenvalue weighted by molar-refractivity contribution is 0.101. The number of fused-ring (bicyclic) bond motifs is 1. The summed E-state index contributed by atoms with van der Waals surface area (Å²) in [6, 6.07) is 21.2. The van der Waals surface area contributed by atoms with E-state index in [0.29, 0.717) is 22.5 Å². The number of hydrogen-bond acceptors (Lipinski definition) is 2. The normalized spacial score (nSPS) is 10.6. The van der Waals surface area contributed by atoms with Gasteiger partial charge < -0.3 is 10.6 Å². The molecule has 2 N–H and O–H groups in total. The van der Waals surface area contributed by atoms with Gasteiger partial charge in [-0.1, -0.05) is 24.3 Å². The van der Waals surface area contributed by atoms with Crippen molar-refractivity contribution < 1.29 is 18.4 Å². The van der Waals surface area contributed by atoms with Crippen molar-refractivity contribution in [1.29, 1.82) is 0 Å². The van der Waals surface area contributed by atoms with E-state index in [-0.39, 0.29) is 11.8 Å². The first kappa shape index (κ1) is 19.3. The molecule has 30 heavy (non-hydrogen) atoms. The Labute approximate surface area is 171 Å². The van der Waals surface area contributed by atoms with Crippen LogP contribution in [0.2, 0.25) is 0 Å². The van der Waals surface area contributed by atoms with Crippen LogP contribution in [0.4, 0.5) is 20.2 Å². The monoisotopic (exact) mass is 402 g/mol. The van der Waals surface area contributed by atoms with Crippen LogP contribution in [-0.2, 0) is 0 Å². The average molecular weight is 402 g/mol. The Bertz CT molecular complexity index is 1140. The number of nitrogens with one attached hydrogen (secondary N) is 2. The summed E-state index contributed by atoms with van der Waals surface area (Å²) in [5, 5.41) is 7.10. The van der Waals surface area contributed by atoms with Gasteiger partial charge in [0.2, 0.25) is 0 Å². The highest BCUT2D eigenvalue weighted by molar-refractivity contribution is 6.14. The molecule has 0 unspecified atom stereocenters. The molecule has 0 aliphatic carbocycles. The van der Waals surface area contributed by atoms with Crippen molar-refractivity contribution in [3.8, 4) is 0 Å². The molecule has 148 valence electrons. The van der Waals surface area contributed by atoms with E-state index in [1.807, 2.05) is 12.1 Å². The highest BCUT2D eigenvalue weighted by Crippen LogP contribution is 2.30. The standard InChI is InChI=1S/C24H16F2N2O2/c25-17-11-7-15(8-12-17)23(29)27-21-5-1-3-19-20(21)4-2-6-22(19)28-24(30)16-9-13-18(26)14-10-16/h1-14H,(H,27,29)(H,28,30). The Hall–Kier alpha value is -4.06. The van der Waals surface area contributed by atoms with Crippen LogP contribution >= 0.6 is 0 Å². The van der Waals surface area contributed by atoms with Gasteiger partial charge in [-0.05, 0) is 60.7 Å². The topological polar surface area (TPSA) is 58.2 Å². The van der Waals surface area contributed by atoms with Gasteiger partial charge in [0.05, 0.1) is 0 Å². The number of anilines is 2. The molecule has 2 amide bonds. The maximum atomic E-state index is 13.1. The molecule has 4 nitrogen and oxygen atoms in total. The Balaban J connectivity index is 1.62. The van der Waals surface area contributed by atoms with E-state index in [2.05, 4.69) is 10.6 Å². The van der Waals surface area contributed by atoms with E-state index in [4.69, 9.17) is 0 Å². The van der Waals surface area contributed by atoms with Crippen molar-refractivity contribution >= 4 is 34.0 Å². The lowest BCUT2D eigenvalue weighted by Crippen LogP contribution is -2.13. The van der Waals surface area contributed by atoms with Gasteiger partial charge in [-0.25, -0.2) is 8.78 Å². The minimum absolute atomic E-state index is 0.328. The van der Waals surface area contributed by atoms with Crippen molar-refractivity contribution in [3.05, 3.63) is 108 Å². The molecule has 0 aliphatic heterocycles. The van der Waals surface area contributed by atoms with E-state index in [0.717, 1.165) is 10.8 Å². The van der Waals surface area contributed by atoms with E-state index >= 15 is 0 Å². The second-order valence-electron chi connectivity index (χ2n) is 6.63. The fourth-order valence-corrected chi connectivity index (χ4v) is 3.12. The Kier molecular flexibility index (Phi) is 5.22. The molecule has 0 saturated carbocycles. The van der Waals surface area contributed by atoms with Crippen molar-refractivity contribution in [1.82, 2.24) is 0 Å². The number of amides is 2. The molecule has 4 rings (SSSR count). The lowest BCUT2D eigenvalue weighted by atomic mass is 10.1. The van der Waals surface area contributed by atoms with E-state index in [9.17, 15) is 18.4 Å². The first-order valence-electron chi connectivity index (χ1n) is 9.17. The van der Waals surface area contributed by atoms with Crippen LogP contribution in [0.5, 0.6) is 0 Å². The number of halogens is 2. The molecule has 4 aromatic carbocycles. The second-order valence-corrected chi connectivity index (χ2v) is 6.63. The van der Waals surface area contributed by atoms with E-state index in [1.54, 1.807) is 24.3 Å². The summed E-state index contributed by atoms with van der Waals surface area (Å²) in [6.07, 6.45) is 0. The molecule has 0 bridgehead atoms. The fourth-order valence-electron chi connectivity index (χ4n) is 3.12. The number of hydrogen-bond donors (Lipinski definition) is 2. The van der Waals surface area contributed by atoms with Gasteiger partial charge in [0.1, 0.15) is 11.6 Å². The molecule has 0 aliphatic rings. The molecule has 4 aromatic rings. The molecular weight excluding hydrogens is 386 g/mol. The van der Waals surface area contributed by atoms with Gasteiger partial charge in [0.25, 0.3) is 11.8 Å². The third-order valence-corrected chi connectivity index (χ3v) is 4.63. The molecule has 0 saturated heterocycles. The van der Waals surface area contributed by atoms with Crippen LogP contribution in [0.3, 0.4) is 0 Å². The van der Waals surface area contributed by atoms with Crippen molar-refractivity contribution in [2.75, 3.05) is 10.6 Å². The highest BCUT2D eigenvalue weighted by Gasteiger charge is 2.12. The van der Waals surface area contributed by atoms with Gasteiger partial charge in [-0.2, -0.15) is 0 Å². The summed E-state index contributed by atoms with van der Waals surface area (Å²) in [4.78, 5) is 25.0. The molecular formula is C24H16F2N2O2. The first-order chi connectivity index (χ1) is 14.5. The summed E-state index contributed by atoms with van der Waals surface area (Å²) in [5.41, 5.74) is 1.77. The van der Waals surface area contributed by atoms with Gasteiger partial charge >= 0.3 is 0 Å². The zero-order valence-electron chi connectivity index (χ0n) is 15.7. The third-order valence-electron chi connectivity index (χ3n) is 4.63. The number of rotatable bonds is 4. The summed E-state index contributed by atoms with van der Waals surface area (Å²) in [6.45, 7) is 0. The molecule has 0 atom stereocenters. The van der Waals surface area contributed by atoms with Gasteiger partial charge in [-0.15, -0.1) is 0 Å². The Morgan fingerprint density at radius 1 is 0.533 bits per heavy atom. The summed E-state index contributed by atoms with van der Waals surface area (Å²) in [5.74, 6) is -1.58. The highest BCUT2D eigenvalue weighted by atomic mass is 19.1. The SMILES string of the molecule is O=C(Nc1cccc2c(NC(=O)c3ccc(F)cc3)cccc12)c1ccc(F)cc1. The smallest absolute Gasteiger partial charge is 0.255 e. The predicted molar refractivity (Wildman–Crippen MR) is 113 cm³/mol. The van der Waals surface area contributed by atoms with Gasteiger partial charge in [-0.3, -0.25) is 9.59 Å². The fraction of sp³-hybridized carbons (Fsp3) is 0. The van der Waals surface area contributed by atoms with Crippen molar-refractivity contribution in [2.24, 2.45) is 0 Å². The van der Waals surface area contributed by atoms with Gasteiger partial charge in [0, 0.05) is 33.3 Å². The second kappa shape index (κ2) is 8.13. The number of carbonyl (C=O) groups excluding carboxylic acids is 2. The lowest BCUT2D eigenvalue weighted by Gasteiger charge is -2.13. The average Bonchev–Trinajstić information content (AvgIpc) is 2.75. The zero-order chi connectivity index (χ0) is 21.1. The molecule has 0 spiro atoms. The van der Waals surface area contributed by atoms with Crippen LogP contribution < -0.4 is 10.6 Å². The largest absolute Gasteiger partial charge is 0.321 e. The first-order valence-corrected chi connectivity index (χ1v) is 9.17. The zero-order valence-corrected chi connectivity index (χ0v) is 15.7. The quantitative estimate of drug-likeness (QED) is 0.465. The van der Waals surface area contributed by atoms with Crippen molar-refractivity contribution in [2.45, 2.75) is 0 Å². The van der Waals surface area contributed by atoms with Crippen LogP contribution in [0.15, 0.2) is 84.9 Å². The Morgan fingerprint density at radius 3 is 1.27 bits per heavy atom. The van der Waals surface area contributed by atoms with Crippen LogP contribution in [0.1, 0.15) is 20.7 Å². The molecule has 0 heterocycles. The Morgan fingerprint density at radius 2 is 0.900 bits per heavy atom. The molecule has 0 aromatic heterocycles. The van der Waals surface area contributed by atoms with E-state index in [1.165, 1.54) is 48.5 Å². The minimum Gasteiger partial charge on any atom is -0.321 e. The summed E-state index contributed by atoms with van der Waals surface area (Å²) in [7, 11) is 0. The summed E-state index contributed by atoms with van der Waals surface area (Å²) < 4.78 is 26.2. The number of benzene rings is 4. The third kappa shape index (κ3) is 4.03. The minimum atomic E-state index is -0.418. The van der Waals surface area contributed by atoms with Gasteiger partial charge in [0.15, 0.2) is 0 Å². The molecule has 0 radical (unpaired) electrons. The maximum absolute atomic E-state index is 13.1.